The summed E-state index contributed by atoms with van der Waals surface area (Å²) in [7, 11) is 0. The molecule has 2 nitrogen and oxygen atoms in total. The SMILES string of the molecule is CC(CC1CCC(c2cc(F)c(C(=O)Oc3cc(F)c(F)c(F)c3)c(F)c2)CC1)c1ccccc1. The molecular formula is C28H25F5O2. The van der Waals surface area contributed by atoms with Crippen LogP contribution in [0.4, 0.5) is 22.0 Å². The molecule has 1 saturated carbocycles. The quantitative estimate of drug-likeness (QED) is 0.152. The van der Waals surface area contributed by atoms with Gasteiger partial charge in [-0.1, -0.05) is 37.3 Å². The van der Waals surface area contributed by atoms with Gasteiger partial charge in [0.2, 0.25) is 0 Å². The van der Waals surface area contributed by atoms with E-state index in [4.69, 9.17) is 0 Å². The van der Waals surface area contributed by atoms with Gasteiger partial charge in [-0.25, -0.2) is 26.7 Å². The zero-order valence-corrected chi connectivity index (χ0v) is 19.2. The van der Waals surface area contributed by atoms with Crippen LogP contribution < -0.4 is 4.74 Å². The molecule has 3 aromatic carbocycles. The number of rotatable bonds is 6. The standard InChI is InChI=1S/C28H25F5O2/c1-16(18-5-3-2-4-6-18)11-17-7-9-19(10-8-17)20-12-22(29)26(23(30)13-20)28(34)35-21-14-24(31)27(33)25(32)15-21/h2-6,12-17,19H,7-11H2,1H3. The fraction of sp³-hybridized carbons (Fsp3) is 0.321. The minimum Gasteiger partial charge on any atom is -0.423 e. The van der Waals surface area contributed by atoms with Crippen LogP contribution in [0.1, 0.15) is 72.3 Å². The highest BCUT2D eigenvalue weighted by molar-refractivity contribution is 5.91. The second-order valence-electron chi connectivity index (χ2n) is 9.22. The summed E-state index contributed by atoms with van der Waals surface area (Å²) in [4.78, 5) is 12.3. The highest BCUT2D eigenvalue weighted by Gasteiger charge is 2.28. The van der Waals surface area contributed by atoms with E-state index in [0.717, 1.165) is 44.2 Å². The summed E-state index contributed by atoms with van der Waals surface area (Å²) < 4.78 is 73.9. The van der Waals surface area contributed by atoms with Gasteiger partial charge in [0.05, 0.1) is 0 Å². The first kappa shape index (κ1) is 24.9. The van der Waals surface area contributed by atoms with Gasteiger partial charge in [0.25, 0.3) is 0 Å². The van der Waals surface area contributed by atoms with Crippen molar-refractivity contribution in [1.29, 1.82) is 0 Å². The van der Waals surface area contributed by atoms with Crippen LogP contribution in [0.5, 0.6) is 5.75 Å². The molecule has 0 saturated heterocycles. The number of benzene rings is 3. The lowest BCUT2D eigenvalue weighted by atomic mass is 9.75. The van der Waals surface area contributed by atoms with E-state index in [1.807, 2.05) is 18.2 Å². The van der Waals surface area contributed by atoms with Crippen LogP contribution in [0.3, 0.4) is 0 Å². The summed E-state index contributed by atoms with van der Waals surface area (Å²) in [6, 6.07) is 13.4. The fourth-order valence-electron chi connectivity index (χ4n) is 4.92. The molecule has 0 heterocycles. The number of hydrogen-bond acceptors (Lipinski definition) is 2. The Kier molecular flexibility index (Phi) is 7.53. The Morgan fingerprint density at radius 3 is 2.00 bits per heavy atom. The lowest BCUT2D eigenvalue weighted by Crippen LogP contribution is -2.17. The van der Waals surface area contributed by atoms with Gasteiger partial charge in [-0.15, -0.1) is 0 Å². The van der Waals surface area contributed by atoms with E-state index in [2.05, 4.69) is 23.8 Å². The number of carbonyl (C=O) groups is 1. The minimum atomic E-state index is -1.74. The van der Waals surface area contributed by atoms with E-state index < -0.39 is 46.4 Å². The highest BCUT2D eigenvalue weighted by Crippen LogP contribution is 2.40. The smallest absolute Gasteiger partial charge is 0.349 e. The van der Waals surface area contributed by atoms with Gasteiger partial charge in [0, 0.05) is 12.1 Å². The summed E-state index contributed by atoms with van der Waals surface area (Å²) in [6.07, 6.45) is 4.49. The molecule has 1 aliphatic carbocycles. The minimum absolute atomic E-state index is 0.0346. The van der Waals surface area contributed by atoms with Crippen molar-refractivity contribution < 1.29 is 31.5 Å². The molecular weight excluding hydrogens is 463 g/mol. The van der Waals surface area contributed by atoms with Crippen LogP contribution in [-0.4, -0.2) is 5.97 Å². The number of ether oxygens (including phenoxy) is 1. The normalized spacial score (nSPS) is 18.8. The molecule has 0 spiro atoms. The first-order valence-electron chi connectivity index (χ1n) is 11.6. The van der Waals surface area contributed by atoms with E-state index in [1.165, 1.54) is 5.56 Å². The average Bonchev–Trinajstić information content (AvgIpc) is 2.83. The van der Waals surface area contributed by atoms with Crippen LogP contribution in [0.15, 0.2) is 54.6 Å². The van der Waals surface area contributed by atoms with E-state index in [9.17, 15) is 26.7 Å². The summed E-state index contributed by atoms with van der Waals surface area (Å²) in [5.74, 6) is -8.38. The maximum absolute atomic E-state index is 14.7. The van der Waals surface area contributed by atoms with Crippen LogP contribution in [0.2, 0.25) is 0 Å². The zero-order chi connectivity index (χ0) is 25.1. The number of esters is 1. The van der Waals surface area contributed by atoms with Crippen molar-refractivity contribution in [3.8, 4) is 5.75 Å². The van der Waals surface area contributed by atoms with Gasteiger partial charge >= 0.3 is 5.97 Å². The third kappa shape index (κ3) is 5.72. The Morgan fingerprint density at radius 1 is 0.857 bits per heavy atom. The van der Waals surface area contributed by atoms with Crippen molar-refractivity contribution in [2.24, 2.45) is 5.92 Å². The van der Waals surface area contributed by atoms with Crippen molar-refractivity contribution >= 4 is 5.97 Å². The fourth-order valence-corrected chi connectivity index (χ4v) is 4.92. The topological polar surface area (TPSA) is 26.3 Å². The van der Waals surface area contributed by atoms with E-state index in [1.54, 1.807) is 0 Å². The molecule has 1 aliphatic rings. The lowest BCUT2D eigenvalue weighted by Gasteiger charge is -2.30. The van der Waals surface area contributed by atoms with Gasteiger partial charge in [-0.2, -0.15) is 0 Å². The Morgan fingerprint density at radius 2 is 1.43 bits per heavy atom. The summed E-state index contributed by atoms with van der Waals surface area (Å²) in [5, 5.41) is 0. The van der Waals surface area contributed by atoms with Crippen LogP contribution in [0, 0.1) is 35.0 Å². The Bertz CT molecular complexity index is 1160. The van der Waals surface area contributed by atoms with Crippen molar-refractivity contribution in [2.75, 3.05) is 0 Å². The summed E-state index contributed by atoms with van der Waals surface area (Å²) >= 11 is 0. The van der Waals surface area contributed by atoms with Crippen molar-refractivity contribution in [2.45, 2.75) is 50.9 Å². The molecule has 0 radical (unpaired) electrons. The average molecular weight is 488 g/mol. The maximum atomic E-state index is 14.7. The monoisotopic (exact) mass is 488 g/mol. The largest absolute Gasteiger partial charge is 0.423 e. The molecule has 184 valence electrons. The van der Waals surface area contributed by atoms with E-state index in [0.29, 0.717) is 29.5 Å². The molecule has 1 unspecified atom stereocenters. The number of halogens is 5. The second kappa shape index (κ2) is 10.6. The maximum Gasteiger partial charge on any atom is 0.349 e. The summed E-state index contributed by atoms with van der Waals surface area (Å²) in [6.45, 7) is 2.21. The molecule has 1 fully saturated rings. The molecule has 0 aliphatic heterocycles. The molecule has 1 atom stereocenters. The summed E-state index contributed by atoms with van der Waals surface area (Å²) in [5.41, 5.74) is 0.793. The van der Waals surface area contributed by atoms with Crippen LogP contribution in [-0.2, 0) is 0 Å². The molecule has 0 N–H and O–H groups in total. The Labute approximate surface area is 200 Å². The Hall–Kier alpha value is -3.22. The zero-order valence-electron chi connectivity index (χ0n) is 19.2. The molecule has 0 amide bonds. The van der Waals surface area contributed by atoms with Gasteiger partial charge in [0.15, 0.2) is 17.5 Å². The third-order valence-corrected chi connectivity index (χ3v) is 6.81. The molecule has 0 bridgehead atoms. The first-order valence-corrected chi connectivity index (χ1v) is 11.6. The van der Waals surface area contributed by atoms with Crippen molar-refractivity contribution in [3.05, 3.63) is 100 Å². The van der Waals surface area contributed by atoms with Crippen LogP contribution in [0.25, 0.3) is 0 Å². The van der Waals surface area contributed by atoms with E-state index >= 15 is 0 Å². The van der Waals surface area contributed by atoms with Gasteiger partial charge in [0.1, 0.15) is 22.9 Å². The molecule has 7 heteroatoms. The van der Waals surface area contributed by atoms with Gasteiger partial charge in [-0.3, -0.25) is 0 Å². The van der Waals surface area contributed by atoms with Crippen molar-refractivity contribution in [3.63, 3.8) is 0 Å². The van der Waals surface area contributed by atoms with Crippen LogP contribution >= 0.6 is 0 Å². The number of carbonyl (C=O) groups excluding carboxylic acids is 1. The van der Waals surface area contributed by atoms with Crippen molar-refractivity contribution in [1.82, 2.24) is 0 Å². The molecule has 35 heavy (non-hydrogen) atoms. The molecule has 3 aromatic rings. The van der Waals surface area contributed by atoms with Gasteiger partial charge in [-0.05, 0) is 73.1 Å². The predicted molar refractivity (Wildman–Crippen MR) is 122 cm³/mol. The highest BCUT2D eigenvalue weighted by atomic mass is 19.2. The Balaban J connectivity index is 1.40. The lowest BCUT2D eigenvalue weighted by molar-refractivity contribution is 0.0723. The van der Waals surface area contributed by atoms with E-state index in [-0.39, 0.29) is 5.92 Å². The first-order chi connectivity index (χ1) is 16.7. The molecule has 0 aromatic heterocycles. The van der Waals surface area contributed by atoms with Gasteiger partial charge < -0.3 is 4.74 Å². The predicted octanol–water partition coefficient (Wildman–Crippen LogP) is 8.07. The third-order valence-electron chi connectivity index (χ3n) is 6.81. The number of hydrogen-bond donors (Lipinski definition) is 0. The second-order valence-corrected chi connectivity index (χ2v) is 9.22. The molecule has 4 rings (SSSR count).